The molecule has 0 fully saturated rings. The van der Waals surface area contributed by atoms with Crippen molar-refractivity contribution >= 4 is 66.6 Å². The van der Waals surface area contributed by atoms with Crippen molar-refractivity contribution in [1.29, 1.82) is 0 Å². The SMILES string of the molecule is CCN(CC)CCN(C(=O)CCCS(=O)(=O)c1ccc(OC)cc1)c1nc2ccc(SC)cc2s1.Cl. The molecule has 3 rings (SSSR count). The van der Waals surface area contributed by atoms with Crippen LogP contribution in [0.25, 0.3) is 10.2 Å². The Morgan fingerprint density at radius 1 is 1.08 bits per heavy atom. The lowest BCUT2D eigenvalue weighted by molar-refractivity contribution is -0.118. The zero-order chi connectivity index (χ0) is 25.4. The maximum Gasteiger partial charge on any atom is 0.228 e. The number of rotatable bonds is 13. The Morgan fingerprint density at radius 3 is 2.39 bits per heavy atom. The topological polar surface area (TPSA) is 79.8 Å². The van der Waals surface area contributed by atoms with Gasteiger partial charge in [-0.15, -0.1) is 24.2 Å². The van der Waals surface area contributed by atoms with Gasteiger partial charge in [0.1, 0.15) is 5.75 Å². The minimum Gasteiger partial charge on any atom is -0.497 e. The first-order valence-electron chi connectivity index (χ1n) is 11.6. The molecule has 7 nitrogen and oxygen atoms in total. The van der Waals surface area contributed by atoms with Gasteiger partial charge in [-0.25, -0.2) is 13.4 Å². The number of sulfone groups is 1. The number of amides is 1. The van der Waals surface area contributed by atoms with E-state index < -0.39 is 9.84 Å². The van der Waals surface area contributed by atoms with Crippen LogP contribution >= 0.6 is 35.5 Å². The van der Waals surface area contributed by atoms with Gasteiger partial charge in [0.25, 0.3) is 0 Å². The van der Waals surface area contributed by atoms with Gasteiger partial charge >= 0.3 is 0 Å². The highest BCUT2D eigenvalue weighted by molar-refractivity contribution is 7.98. The number of halogens is 1. The van der Waals surface area contributed by atoms with Crippen molar-refractivity contribution in [3.63, 3.8) is 0 Å². The van der Waals surface area contributed by atoms with Crippen molar-refractivity contribution in [3.05, 3.63) is 42.5 Å². The van der Waals surface area contributed by atoms with Crippen molar-refractivity contribution < 1.29 is 17.9 Å². The van der Waals surface area contributed by atoms with Gasteiger partial charge < -0.3 is 9.64 Å². The second kappa shape index (κ2) is 14.2. The summed E-state index contributed by atoms with van der Waals surface area (Å²) in [6.07, 6.45) is 2.42. The molecule has 0 saturated carbocycles. The van der Waals surface area contributed by atoms with Crippen LogP contribution in [-0.4, -0.2) is 69.5 Å². The van der Waals surface area contributed by atoms with Crippen LogP contribution in [0.5, 0.6) is 5.75 Å². The van der Waals surface area contributed by atoms with Gasteiger partial charge in [-0.1, -0.05) is 25.2 Å². The highest BCUT2D eigenvalue weighted by Gasteiger charge is 2.22. The maximum atomic E-state index is 13.3. The van der Waals surface area contributed by atoms with Gasteiger partial charge in [-0.2, -0.15) is 0 Å². The Hall–Kier alpha value is -1.85. The third-order valence-electron chi connectivity index (χ3n) is 5.87. The van der Waals surface area contributed by atoms with Crippen molar-refractivity contribution in [2.75, 3.05) is 50.2 Å². The lowest BCUT2D eigenvalue weighted by Gasteiger charge is -2.24. The molecule has 0 radical (unpaired) electrons. The summed E-state index contributed by atoms with van der Waals surface area (Å²) < 4.78 is 31.6. The van der Waals surface area contributed by atoms with E-state index in [1.54, 1.807) is 28.8 Å². The van der Waals surface area contributed by atoms with Crippen LogP contribution in [0.1, 0.15) is 26.7 Å². The number of aromatic nitrogens is 1. The maximum absolute atomic E-state index is 13.3. The molecular weight excluding hydrogens is 538 g/mol. The molecule has 0 saturated heterocycles. The van der Waals surface area contributed by atoms with E-state index in [-0.39, 0.29) is 41.8 Å². The van der Waals surface area contributed by atoms with Crippen LogP contribution in [0.2, 0.25) is 0 Å². The fourth-order valence-corrected chi connectivity index (χ4v) is 6.57. The first-order chi connectivity index (χ1) is 16.8. The fourth-order valence-electron chi connectivity index (χ4n) is 3.69. The zero-order valence-electron chi connectivity index (χ0n) is 21.1. The molecule has 2 aromatic carbocycles. The van der Waals surface area contributed by atoms with E-state index in [4.69, 9.17) is 9.72 Å². The highest BCUT2D eigenvalue weighted by Crippen LogP contribution is 2.32. The number of thiazole rings is 1. The third kappa shape index (κ3) is 7.82. The molecule has 0 N–H and O–H groups in total. The molecule has 198 valence electrons. The summed E-state index contributed by atoms with van der Waals surface area (Å²) in [6, 6.07) is 12.4. The van der Waals surface area contributed by atoms with Crippen LogP contribution in [0.4, 0.5) is 5.13 Å². The standard InChI is InChI=1S/C25H33N3O4S3.ClH/c1-5-27(6-2)15-16-28(25-26-22-14-11-20(33-4)18-23(22)34-25)24(29)8-7-17-35(30,31)21-12-9-19(32-3)10-13-21;/h9-14,18H,5-8,15-17H2,1-4H3;1H. The molecule has 0 aliphatic heterocycles. The fraction of sp³-hybridized carbons (Fsp3) is 0.440. The predicted molar refractivity (Wildman–Crippen MR) is 153 cm³/mol. The third-order valence-corrected chi connectivity index (χ3v) is 9.46. The Bertz CT molecular complexity index is 1230. The molecule has 3 aromatic rings. The first kappa shape index (κ1) is 30.4. The van der Waals surface area contributed by atoms with Crippen molar-refractivity contribution in [2.24, 2.45) is 0 Å². The summed E-state index contributed by atoms with van der Waals surface area (Å²) in [4.78, 5) is 23.4. The van der Waals surface area contributed by atoms with E-state index in [0.717, 1.165) is 34.7 Å². The molecular formula is C25H34ClN3O4S3. The van der Waals surface area contributed by atoms with Gasteiger partial charge in [-0.3, -0.25) is 9.69 Å². The van der Waals surface area contributed by atoms with Crippen molar-refractivity contribution in [1.82, 2.24) is 9.88 Å². The van der Waals surface area contributed by atoms with Crippen LogP contribution in [0.3, 0.4) is 0 Å². The monoisotopic (exact) mass is 571 g/mol. The van der Waals surface area contributed by atoms with Crippen LogP contribution in [0.15, 0.2) is 52.3 Å². The van der Waals surface area contributed by atoms with Crippen LogP contribution in [0, 0.1) is 0 Å². The van der Waals surface area contributed by atoms with Crippen molar-refractivity contribution in [2.45, 2.75) is 36.5 Å². The zero-order valence-corrected chi connectivity index (χ0v) is 24.4. The molecule has 0 bridgehead atoms. The van der Waals surface area contributed by atoms with E-state index in [2.05, 4.69) is 24.8 Å². The quantitative estimate of drug-likeness (QED) is 0.255. The Morgan fingerprint density at radius 2 is 1.78 bits per heavy atom. The molecule has 0 aliphatic carbocycles. The Labute approximate surface area is 228 Å². The summed E-state index contributed by atoms with van der Waals surface area (Å²) in [5.41, 5.74) is 0.866. The number of carbonyl (C=O) groups is 1. The molecule has 0 unspecified atom stereocenters. The summed E-state index contributed by atoms with van der Waals surface area (Å²) >= 11 is 3.17. The van der Waals surface area contributed by atoms with E-state index in [9.17, 15) is 13.2 Å². The van der Waals surface area contributed by atoms with E-state index in [1.165, 1.54) is 30.6 Å². The number of carbonyl (C=O) groups excluding carboxylic acids is 1. The van der Waals surface area contributed by atoms with Gasteiger partial charge in [0.15, 0.2) is 15.0 Å². The first-order valence-corrected chi connectivity index (χ1v) is 15.3. The number of fused-ring (bicyclic) bond motifs is 1. The van der Waals surface area contributed by atoms with Crippen LogP contribution < -0.4 is 9.64 Å². The average molecular weight is 572 g/mol. The summed E-state index contributed by atoms with van der Waals surface area (Å²) in [7, 11) is -1.95. The number of anilines is 1. The number of hydrogen-bond acceptors (Lipinski definition) is 8. The highest BCUT2D eigenvalue weighted by atomic mass is 35.5. The lowest BCUT2D eigenvalue weighted by atomic mass is 10.3. The summed E-state index contributed by atoms with van der Waals surface area (Å²) in [6.45, 7) is 7.24. The second-order valence-corrected chi connectivity index (χ2v) is 12.0. The van der Waals surface area contributed by atoms with E-state index in [0.29, 0.717) is 17.4 Å². The molecule has 0 spiro atoms. The largest absolute Gasteiger partial charge is 0.497 e. The normalized spacial score (nSPS) is 11.5. The van der Waals surface area contributed by atoms with Crippen LogP contribution in [-0.2, 0) is 14.6 Å². The number of likely N-dealkylation sites (N-methyl/N-ethyl adjacent to an activating group) is 1. The minimum absolute atomic E-state index is 0. The molecule has 0 atom stereocenters. The minimum atomic E-state index is -3.48. The van der Waals surface area contributed by atoms with Gasteiger partial charge in [-0.05, 0) is 68.2 Å². The number of benzene rings is 2. The molecule has 1 amide bonds. The molecule has 0 aliphatic rings. The van der Waals surface area contributed by atoms with Gasteiger partial charge in [0.05, 0.1) is 28.0 Å². The average Bonchev–Trinajstić information content (AvgIpc) is 3.29. The van der Waals surface area contributed by atoms with Gasteiger partial charge in [0, 0.05) is 24.4 Å². The number of methoxy groups -OCH3 is 1. The Balaban J connectivity index is 0.00000456. The molecule has 1 heterocycles. The number of hydrogen-bond donors (Lipinski definition) is 0. The molecule has 36 heavy (non-hydrogen) atoms. The predicted octanol–water partition coefficient (Wildman–Crippen LogP) is 5.38. The molecule has 11 heteroatoms. The number of thioether (sulfide) groups is 1. The summed E-state index contributed by atoms with van der Waals surface area (Å²) in [5.74, 6) is 0.404. The second-order valence-electron chi connectivity index (χ2n) is 8.00. The van der Waals surface area contributed by atoms with E-state index >= 15 is 0 Å². The van der Waals surface area contributed by atoms with E-state index in [1.807, 2.05) is 18.4 Å². The van der Waals surface area contributed by atoms with Crippen molar-refractivity contribution in [3.8, 4) is 5.75 Å². The Kier molecular flexibility index (Phi) is 12.0. The smallest absolute Gasteiger partial charge is 0.228 e. The summed E-state index contributed by atoms with van der Waals surface area (Å²) in [5, 5.41) is 0.661. The molecule has 1 aromatic heterocycles. The lowest BCUT2D eigenvalue weighted by Crippen LogP contribution is -2.38. The van der Waals surface area contributed by atoms with Gasteiger partial charge in [0.2, 0.25) is 5.91 Å². The number of ether oxygens (including phenoxy) is 1. The number of nitrogens with zero attached hydrogens (tertiary/aromatic N) is 3.